The number of carbonyl (C=O) groups excluding carboxylic acids is 1. The molecule has 0 N–H and O–H groups in total. The average Bonchev–Trinajstić information content (AvgIpc) is 2.91. The Kier molecular flexibility index (Phi) is 6.19. The lowest BCUT2D eigenvalue weighted by Crippen LogP contribution is -2.19. The standard InChI is InChI=1S/C20H19F3N2O3/c1-12-8-16(13(2)25(12)11-20(21,22)23)18(26)15(10-24)9-14-6-5-7-17(27-3)19(14)28-4/h5-9H,11H2,1-4H3/b15-9+. The highest BCUT2D eigenvalue weighted by Gasteiger charge is 2.30. The van der Waals surface area contributed by atoms with Gasteiger partial charge in [0.25, 0.3) is 0 Å². The number of allylic oxidation sites excluding steroid dienone is 1. The van der Waals surface area contributed by atoms with E-state index in [9.17, 15) is 23.2 Å². The molecule has 2 aromatic rings. The van der Waals surface area contributed by atoms with Crippen LogP contribution in [0.15, 0.2) is 29.8 Å². The number of halogens is 3. The Balaban J connectivity index is 2.50. The summed E-state index contributed by atoms with van der Waals surface area (Å²) in [6.07, 6.45) is -3.09. The van der Waals surface area contributed by atoms with Crippen LogP contribution in [0.3, 0.4) is 0 Å². The van der Waals surface area contributed by atoms with Crippen molar-refractivity contribution in [3.05, 3.63) is 52.4 Å². The number of nitriles is 1. The zero-order valence-electron chi connectivity index (χ0n) is 15.8. The fourth-order valence-electron chi connectivity index (χ4n) is 2.93. The van der Waals surface area contributed by atoms with Gasteiger partial charge < -0.3 is 14.0 Å². The van der Waals surface area contributed by atoms with Gasteiger partial charge in [0.05, 0.1) is 14.2 Å². The van der Waals surface area contributed by atoms with Crippen LogP contribution in [0.25, 0.3) is 6.08 Å². The summed E-state index contributed by atoms with van der Waals surface area (Å²) in [6.45, 7) is 1.71. The van der Waals surface area contributed by atoms with Crippen molar-refractivity contribution in [2.75, 3.05) is 14.2 Å². The maximum Gasteiger partial charge on any atom is 0.406 e. The molecule has 1 aromatic heterocycles. The first kappa shape index (κ1) is 21.1. The van der Waals surface area contributed by atoms with Gasteiger partial charge in [-0.25, -0.2) is 0 Å². The Hall–Kier alpha value is -3.21. The Bertz CT molecular complexity index is 966. The van der Waals surface area contributed by atoms with E-state index in [0.717, 1.165) is 4.57 Å². The van der Waals surface area contributed by atoms with E-state index in [-0.39, 0.29) is 22.5 Å². The molecule has 0 spiro atoms. The molecule has 0 saturated carbocycles. The zero-order valence-corrected chi connectivity index (χ0v) is 15.8. The molecule has 0 aliphatic carbocycles. The number of aryl methyl sites for hydroxylation is 1. The van der Waals surface area contributed by atoms with E-state index in [1.807, 2.05) is 6.07 Å². The lowest BCUT2D eigenvalue weighted by molar-refractivity contribution is -0.141. The number of aromatic nitrogens is 1. The van der Waals surface area contributed by atoms with Gasteiger partial charge in [0, 0.05) is 22.5 Å². The van der Waals surface area contributed by atoms with E-state index in [1.165, 1.54) is 40.2 Å². The van der Waals surface area contributed by atoms with E-state index in [2.05, 4.69) is 0 Å². The SMILES string of the molecule is COc1cccc(/C=C(\C#N)C(=O)c2cc(C)n(CC(F)(F)F)c2C)c1OC. The molecule has 0 amide bonds. The fraction of sp³-hybridized carbons (Fsp3) is 0.300. The lowest BCUT2D eigenvalue weighted by atomic mass is 10.0. The van der Waals surface area contributed by atoms with Crippen LogP contribution in [0, 0.1) is 25.2 Å². The van der Waals surface area contributed by atoms with Gasteiger partial charge in [-0.2, -0.15) is 18.4 Å². The number of alkyl halides is 3. The van der Waals surface area contributed by atoms with E-state index < -0.39 is 18.5 Å². The zero-order chi connectivity index (χ0) is 21.1. The van der Waals surface area contributed by atoms with Gasteiger partial charge in [-0.05, 0) is 32.1 Å². The normalized spacial score (nSPS) is 11.9. The van der Waals surface area contributed by atoms with Gasteiger partial charge in [-0.1, -0.05) is 12.1 Å². The van der Waals surface area contributed by atoms with Crippen molar-refractivity contribution in [3.63, 3.8) is 0 Å². The first-order valence-corrected chi connectivity index (χ1v) is 8.24. The third-order valence-corrected chi connectivity index (χ3v) is 4.25. The number of methoxy groups -OCH3 is 2. The van der Waals surface area contributed by atoms with Crippen molar-refractivity contribution < 1.29 is 27.4 Å². The third-order valence-electron chi connectivity index (χ3n) is 4.25. The smallest absolute Gasteiger partial charge is 0.406 e. The van der Waals surface area contributed by atoms with Gasteiger partial charge in [0.2, 0.25) is 5.78 Å². The predicted octanol–water partition coefficient (Wildman–Crippen LogP) is 4.47. The summed E-state index contributed by atoms with van der Waals surface area (Å²) in [7, 11) is 2.88. The molecule has 8 heteroatoms. The van der Waals surface area contributed by atoms with Crippen LogP contribution in [-0.4, -0.2) is 30.7 Å². The molecule has 28 heavy (non-hydrogen) atoms. The van der Waals surface area contributed by atoms with Crippen LogP contribution in [0.5, 0.6) is 11.5 Å². The monoisotopic (exact) mass is 392 g/mol. The van der Waals surface area contributed by atoms with E-state index in [4.69, 9.17) is 9.47 Å². The number of hydrogen-bond donors (Lipinski definition) is 0. The number of carbonyl (C=O) groups is 1. The van der Waals surface area contributed by atoms with Gasteiger partial charge >= 0.3 is 6.18 Å². The molecule has 0 radical (unpaired) electrons. The van der Waals surface area contributed by atoms with E-state index >= 15 is 0 Å². The molecule has 0 atom stereocenters. The van der Waals surface area contributed by atoms with E-state index in [0.29, 0.717) is 17.1 Å². The summed E-state index contributed by atoms with van der Waals surface area (Å²) in [4.78, 5) is 12.8. The Morgan fingerprint density at radius 3 is 2.46 bits per heavy atom. The van der Waals surface area contributed by atoms with Crippen molar-refractivity contribution in [2.24, 2.45) is 0 Å². The van der Waals surface area contributed by atoms with Gasteiger partial charge in [0.1, 0.15) is 18.2 Å². The summed E-state index contributed by atoms with van der Waals surface area (Å²) in [5, 5.41) is 9.46. The molecule has 0 saturated heterocycles. The van der Waals surface area contributed by atoms with Crippen LogP contribution in [0.2, 0.25) is 0 Å². The second kappa shape index (κ2) is 8.21. The van der Waals surface area contributed by atoms with Crippen LogP contribution < -0.4 is 9.47 Å². The molecule has 5 nitrogen and oxygen atoms in total. The minimum Gasteiger partial charge on any atom is -0.493 e. The number of para-hydroxylation sites is 1. The summed E-state index contributed by atoms with van der Waals surface area (Å²) in [5.41, 5.74) is 0.707. The number of benzene rings is 1. The molecular weight excluding hydrogens is 373 g/mol. The molecule has 0 unspecified atom stereocenters. The summed E-state index contributed by atoms with van der Waals surface area (Å²) < 4.78 is 49.8. The molecule has 1 aromatic carbocycles. The molecule has 0 aliphatic rings. The second-order valence-corrected chi connectivity index (χ2v) is 6.07. The van der Waals surface area contributed by atoms with Crippen LogP contribution in [0.1, 0.15) is 27.3 Å². The minimum absolute atomic E-state index is 0.0522. The molecule has 2 rings (SSSR count). The first-order valence-electron chi connectivity index (χ1n) is 8.24. The van der Waals surface area contributed by atoms with Crippen molar-refractivity contribution in [3.8, 4) is 17.6 Å². The number of Topliss-reactive ketones (excluding diaryl/α,β-unsaturated/α-hetero) is 1. The predicted molar refractivity (Wildman–Crippen MR) is 97.4 cm³/mol. The molecule has 0 fully saturated rings. The van der Waals surface area contributed by atoms with E-state index in [1.54, 1.807) is 18.2 Å². The largest absolute Gasteiger partial charge is 0.493 e. The maximum absolute atomic E-state index is 12.8. The molecule has 0 aliphatic heterocycles. The van der Waals surface area contributed by atoms with Crippen molar-refractivity contribution >= 4 is 11.9 Å². The van der Waals surface area contributed by atoms with Gasteiger partial charge in [-0.15, -0.1) is 0 Å². The van der Waals surface area contributed by atoms with Crippen LogP contribution in [0.4, 0.5) is 13.2 Å². The van der Waals surface area contributed by atoms with Crippen molar-refractivity contribution in [1.29, 1.82) is 5.26 Å². The lowest BCUT2D eigenvalue weighted by Gasteiger charge is -2.12. The highest BCUT2D eigenvalue weighted by Crippen LogP contribution is 2.33. The highest BCUT2D eigenvalue weighted by molar-refractivity contribution is 6.15. The summed E-state index contributed by atoms with van der Waals surface area (Å²) in [5.74, 6) is 0.103. The molecule has 0 bridgehead atoms. The number of ketones is 1. The third kappa shape index (κ3) is 4.36. The molecule has 1 heterocycles. The number of ether oxygens (including phenoxy) is 2. The van der Waals surface area contributed by atoms with Gasteiger partial charge in [0.15, 0.2) is 11.5 Å². The quantitative estimate of drug-likeness (QED) is 0.413. The van der Waals surface area contributed by atoms with Crippen LogP contribution >= 0.6 is 0 Å². The first-order chi connectivity index (χ1) is 13.1. The van der Waals surface area contributed by atoms with Crippen molar-refractivity contribution in [2.45, 2.75) is 26.6 Å². The Morgan fingerprint density at radius 2 is 1.93 bits per heavy atom. The molecular formula is C20H19F3N2O3. The van der Waals surface area contributed by atoms with Gasteiger partial charge in [-0.3, -0.25) is 4.79 Å². The second-order valence-electron chi connectivity index (χ2n) is 6.07. The topological polar surface area (TPSA) is 64.2 Å². The van der Waals surface area contributed by atoms with Crippen molar-refractivity contribution in [1.82, 2.24) is 4.57 Å². The Labute approximate surface area is 160 Å². The number of nitrogens with zero attached hydrogens (tertiary/aromatic N) is 2. The number of hydrogen-bond acceptors (Lipinski definition) is 4. The Morgan fingerprint density at radius 1 is 1.25 bits per heavy atom. The average molecular weight is 392 g/mol. The fourth-order valence-corrected chi connectivity index (χ4v) is 2.93. The highest BCUT2D eigenvalue weighted by atomic mass is 19.4. The molecule has 148 valence electrons. The summed E-state index contributed by atoms with van der Waals surface area (Å²) >= 11 is 0. The number of rotatable bonds is 6. The maximum atomic E-state index is 12.8. The minimum atomic E-state index is -4.42. The summed E-state index contributed by atoms with van der Waals surface area (Å²) in [6, 6.07) is 8.15. The van der Waals surface area contributed by atoms with Crippen LogP contribution in [-0.2, 0) is 6.54 Å².